The summed E-state index contributed by atoms with van der Waals surface area (Å²) in [6.07, 6.45) is 0.589. The van der Waals surface area contributed by atoms with E-state index in [4.69, 9.17) is 10.2 Å². The van der Waals surface area contributed by atoms with Gasteiger partial charge >= 0.3 is 11.9 Å². The van der Waals surface area contributed by atoms with Gasteiger partial charge < -0.3 is 20.6 Å². The fourth-order valence-electron chi connectivity index (χ4n) is 2.67. The molecule has 0 bridgehead atoms. The van der Waals surface area contributed by atoms with Gasteiger partial charge in [0.25, 0.3) is 0 Å². The average molecular weight is 408 g/mol. The van der Waals surface area contributed by atoms with Gasteiger partial charge in [0.2, 0.25) is 0 Å². The van der Waals surface area contributed by atoms with Crippen LogP contribution in [0.15, 0.2) is 78.9 Å². The minimum Gasteiger partial charge on any atom is -0.478 e. The van der Waals surface area contributed by atoms with Crippen molar-refractivity contribution in [2.45, 2.75) is 25.6 Å². The van der Waals surface area contributed by atoms with Crippen molar-refractivity contribution in [3.63, 3.8) is 0 Å². The van der Waals surface area contributed by atoms with E-state index >= 15 is 0 Å². The van der Waals surface area contributed by atoms with E-state index in [1.54, 1.807) is 0 Å². The smallest absolute Gasteiger partial charge is 0.328 e. The van der Waals surface area contributed by atoms with E-state index in [9.17, 15) is 14.7 Å². The van der Waals surface area contributed by atoms with Crippen LogP contribution in [-0.2, 0) is 16.1 Å². The molecule has 0 radical (unpaired) electrons. The topological polar surface area (TPSA) is 120 Å². The summed E-state index contributed by atoms with van der Waals surface area (Å²) in [5, 5.41) is 30.5. The number of hydrogen-bond donors (Lipinski definition) is 4. The summed E-state index contributed by atoms with van der Waals surface area (Å²) < 4.78 is 0. The Hall–Kier alpha value is -3.55. The summed E-state index contributed by atoms with van der Waals surface area (Å²) >= 11 is 0. The zero-order chi connectivity index (χ0) is 21.9. The van der Waals surface area contributed by atoms with Crippen molar-refractivity contribution >= 4 is 22.8 Å². The van der Waals surface area contributed by atoms with Crippen LogP contribution in [0.25, 0.3) is 10.9 Å². The fourth-order valence-corrected chi connectivity index (χ4v) is 2.67. The highest BCUT2D eigenvalue weighted by Gasteiger charge is 2.15. The Morgan fingerprint density at radius 3 is 2.17 bits per heavy atom. The molecule has 1 heterocycles. The van der Waals surface area contributed by atoms with Gasteiger partial charge in [0.1, 0.15) is 0 Å². The van der Waals surface area contributed by atoms with E-state index < -0.39 is 18.0 Å². The summed E-state index contributed by atoms with van der Waals surface area (Å²) in [7, 11) is 0. The molecular formula is C23H24N2O5. The van der Waals surface area contributed by atoms with Gasteiger partial charge in [-0.15, -0.1) is 0 Å². The van der Waals surface area contributed by atoms with Crippen LogP contribution < -0.4 is 5.32 Å². The summed E-state index contributed by atoms with van der Waals surface area (Å²) in [6.45, 7) is 2.62. The fraction of sp³-hybridized carbons (Fsp3) is 0.174. The Labute approximate surface area is 174 Å². The molecule has 30 heavy (non-hydrogen) atoms. The average Bonchev–Trinajstić information content (AvgIpc) is 2.76. The third-order valence-corrected chi connectivity index (χ3v) is 4.24. The summed E-state index contributed by atoms with van der Waals surface area (Å²) in [6, 6.07) is 21.9. The number of aliphatic hydroxyl groups is 1. The van der Waals surface area contributed by atoms with Crippen molar-refractivity contribution < 1.29 is 24.9 Å². The first-order valence-electron chi connectivity index (χ1n) is 9.32. The molecule has 2 aromatic carbocycles. The van der Waals surface area contributed by atoms with Crippen molar-refractivity contribution in [2.75, 3.05) is 0 Å². The number of rotatable bonds is 7. The second kappa shape index (κ2) is 11.5. The van der Waals surface area contributed by atoms with Crippen molar-refractivity contribution in [2.24, 2.45) is 0 Å². The van der Waals surface area contributed by atoms with E-state index in [-0.39, 0.29) is 6.04 Å². The largest absolute Gasteiger partial charge is 0.478 e. The molecular weight excluding hydrogens is 384 g/mol. The number of aliphatic hydroxyl groups excluding tert-OH is 1. The highest BCUT2D eigenvalue weighted by Crippen LogP contribution is 2.17. The zero-order valence-corrected chi connectivity index (χ0v) is 16.5. The minimum atomic E-state index is -1.26. The maximum Gasteiger partial charge on any atom is 0.328 e. The van der Waals surface area contributed by atoms with E-state index in [2.05, 4.69) is 22.4 Å². The molecule has 0 saturated heterocycles. The van der Waals surface area contributed by atoms with Crippen molar-refractivity contribution in [1.29, 1.82) is 0 Å². The number of carbonyl (C=O) groups is 2. The Kier molecular flexibility index (Phi) is 8.68. The Morgan fingerprint density at radius 2 is 1.53 bits per heavy atom. The van der Waals surface area contributed by atoms with Crippen molar-refractivity contribution in [1.82, 2.24) is 10.3 Å². The quantitative estimate of drug-likeness (QED) is 0.443. The lowest BCUT2D eigenvalue weighted by Gasteiger charge is -2.20. The van der Waals surface area contributed by atoms with Crippen molar-refractivity contribution in [3.8, 4) is 0 Å². The van der Waals surface area contributed by atoms with E-state index in [0.29, 0.717) is 18.7 Å². The number of carboxylic acids is 2. The Balaban J connectivity index is 0.000000343. The lowest BCUT2D eigenvalue weighted by molar-refractivity contribution is -0.134. The summed E-state index contributed by atoms with van der Waals surface area (Å²) in [5.41, 5.74) is 2.90. The number of carboxylic acid groups (broad SMARTS) is 2. The van der Waals surface area contributed by atoms with Crippen LogP contribution in [0.4, 0.5) is 0 Å². The number of nitrogens with one attached hydrogen (secondary N) is 1. The molecule has 0 aliphatic rings. The van der Waals surface area contributed by atoms with E-state index in [0.717, 1.165) is 22.2 Å². The molecule has 0 aliphatic carbocycles. The minimum absolute atomic E-state index is 0.0457. The molecule has 0 saturated carbocycles. The summed E-state index contributed by atoms with van der Waals surface area (Å²) in [5.74, 6) is -2.51. The zero-order valence-electron chi connectivity index (χ0n) is 16.5. The summed E-state index contributed by atoms with van der Waals surface area (Å²) in [4.78, 5) is 23.7. The molecule has 0 spiro atoms. The number of aromatic nitrogens is 1. The molecule has 1 aromatic heterocycles. The number of benzene rings is 2. The Morgan fingerprint density at radius 1 is 0.933 bits per heavy atom. The standard InChI is InChI=1S/C19H20N2O.C4H4O4/c1-14(19(22)16-8-3-2-4-9-16)20-13-17-12-11-15-7-5-6-10-18(15)21-17;5-3(6)1-2-4(7)8/h2-12,14,19-20,22H,13H2,1H3;1-2H,(H,5,6)(H,7,8). The highest BCUT2D eigenvalue weighted by atomic mass is 16.4. The molecule has 0 fully saturated rings. The lowest BCUT2D eigenvalue weighted by Crippen LogP contribution is -2.32. The first kappa shape index (κ1) is 22.7. The number of aliphatic carboxylic acids is 2. The second-order valence-corrected chi connectivity index (χ2v) is 6.53. The van der Waals surface area contributed by atoms with Crippen LogP contribution in [0.5, 0.6) is 0 Å². The van der Waals surface area contributed by atoms with Gasteiger partial charge in [0.15, 0.2) is 0 Å². The van der Waals surface area contributed by atoms with Gasteiger partial charge in [0, 0.05) is 30.1 Å². The lowest BCUT2D eigenvalue weighted by atomic mass is 10.0. The van der Waals surface area contributed by atoms with Crippen LogP contribution in [0.2, 0.25) is 0 Å². The van der Waals surface area contributed by atoms with Crippen LogP contribution in [-0.4, -0.2) is 38.3 Å². The number of para-hydroxylation sites is 1. The predicted octanol–water partition coefficient (Wildman–Crippen LogP) is 3.16. The molecule has 4 N–H and O–H groups in total. The van der Waals surface area contributed by atoms with Crippen LogP contribution in [0, 0.1) is 0 Å². The van der Waals surface area contributed by atoms with Crippen LogP contribution >= 0.6 is 0 Å². The van der Waals surface area contributed by atoms with Gasteiger partial charge in [-0.25, -0.2) is 9.59 Å². The van der Waals surface area contributed by atoms with Gasteiger partial charge in [-0.2, -0.15) is 0 Å². The first-order valence-corrected chi connectivity index (χ1v) is 9.32. The Bertz CT molecular complexity index is 989. The molecule has 7 nitrogen and oxygen atoms in total. The van der Waals surface area contributed by atoms with Gasteiger partial charge in [-0.1, -0.05) is 54.6 Å². The molecule has 3 rings (SSSR count). The third-order valence-electron chi connectivity index (χ3n) is 4.24. The first-order chi connectivity index (χ1) is 14.4. The molecule has 156 valence electrons. The maximum atomic E-state index is 10.4. The van der Waals surface area contributed by atoms with Crippen LogP contribution in [0.1, 0.15) is 24.3 Å². The van der Waals surface area contributed by atoms with E-state index in [1.807, 2.05) is 61.5 Å². The van der Waals surface area contributed by atoms with Gasteiger partial charge in [-0.05, 0) is 24.6 Å². The molecule has 0 aliphatic heterocycles. The molecule has 3 aromatic rings. The normalized spacial score (nSPS) is 12.7. The van der Waals surface area contributed by atoms with Crippen molar-refractivity contribution in [3.05, 3.63) is 90.1 Å². The van der Waals surface area contributed by atoms with E-state index in [1.165, 1.54) is 0 Å². The number of fused-ring (bicyclic) bond motifs is 1. The molecule has 0 amide bonds. The SMILES string of the molecule is CC(NCc1ccc2ccccc2n1)C(O)c1ccccc1.O=C(O)C=CC(=O)O. The van der Waals surface area contributed by atoms with Gasteiger partial charge in [-0.3, -0.25) is 4.98 Å². The van der Waals surface area contributed by atoms with Gasteiger partial charge in [0.05, 0.1) is 17.3 Å². The maximum absolute atomic E-state index is 10.4. The number of nitrogens with zero attached hydrogens (tertiary/aromatic N) is 1. The number of pyridine rings is 1. The molecule has 2 atom stereocenters. The number of hydrogen-bond acceptors (Lipinski definition) is 5. The molecule has 7 heteroatoms. The predicted molar refractivity (Wildman–Crippen MR) is 114 cm³/mol. The highest BCUT2D eigenvalue weighted by molar-refractivity contribution is 5.89. The second-order valence-electron chi connectivity index (χ2n) is 6.53. The van der Waals surface area contributed by atoms with Crippen LogP contribution in [0.3, 0.4) is 0 Å². The third kappa shape index (κ3) is 7.46. The monoisotopic (exact) mass is 408 g/mol. The molecule has 2 unspecified atom stereocenters.